The number of nitrogens with zero attached hydrogens (tertiary/aromatic N) is 1. The number of aromatic nitrogens is 1. The smallest absolute Gasteiger partial charge is 0.265 e. The second-order valence-corrected chi connectivity index (χ2v) is 2.55. The van der Waals surface area contributed by atoms with Crippen LogP contribution in [0, 0.1) is 11.3 Å². The lowest BCUT2D eigenvalue weighted by atomic mass is 10.1. The minimum absolute atomic E-state index is 0.0646. The molecule has 0 saturated carbocycles. The third kappa shape index (κ3) is 1.83. The van der Waals surface area contributed by atoms with Crippen LogP contribution in [0.4, 0.5) is 0 Å². The molecule has 1 unspecified atom stereocenters. The van der Waals surface area contributed by atoms with Crippen LogP contribution in [-0.4, -0.2) is 4.98 Å². The van der Waals surface area contributed by atoms with E-state index in [1.54, 1.807) is 6.07 Å². The van der Waals surface area contributed by atoms with Crippen LogP contribution in [0.1, 0.15) is 17.2 Å². The molecule has 1 heterocycles. The number of pyridine rings is 1. The maximum atomic E-state index is 11.0. The van der Waals surface area contributed by atoms with E-state index in [1.165, 1.54) is 18.3 Å². The maximum absolute atomic E-state index is 11.0. The number of rotatable bonds is 2. The fourth-order valence-corrected chi connectivity index (χ4v) is 0.912. The van der Waals surface area contributed by atoms with Gasteiger partial charge < -0.3 is 10.7 Å². The summed E-state index contributed by atoms with van der Waals surface area (Å²) in [6, 6.07) is 2.89. The Balaban J connectivity index is 3.23. The van der Waals surface area contributed by atoms with Gasteiger partial charge in [-0.05, 0) is 11.6 Å². The van der Waals surface area contributed by atoms with Gasteiger partial charge in [0, 0.05) is 12.2 Å². The van der Waals surface area contributed by atoms with Gasteiger partial charge in [0.15, 0.2) is 0 Å². The molecule has 0 aliphatic rings. The molecule has 13 heavy (non-hydrogen) atoms. The van der Waals surface area contributed by atoms with Crippen molar-refractivity contribution < 1.29 is 0 Å². The quantitative estimate of drug-likeness (QED) is 0.639. The number of nitrogens with one attached hydrogen (secondary N) is 1. The summed E-state index contributed by atoms with van der Waals surface area (Å²) in [5.74, 6) is 0. The first kappa shape index (κ1) is 9.23. The average Bonchev–Trinajstić information content (AvgIpc) is 2.17. The zero-order chi connectivity index (χ0) is 9.84. The third-order valence-corrected chi connectivity index (χ3v) is 1.68. The molecule has 0 spiro atoms. The Kier molecular flexibility index (Phi) is 2.62. The third-order valence-electron chi connectivity index (χ3n) is 1.68. The number of nitriles is 1. The lowest BCUT2D eigenvalue weighted by molar-refractivity contribution is 0.898. The summed E-state index contributed by atoms with van der Waals surface area (Å²) in [6.45, 7) is 3.51. The molecule has 0 amide bonds. The van der Waals surface area contributed by atoms with Crippen molar-refractivity contribution in [2.75, 3.05) is 0 Å². The summed E-state index contributed by atoms with van der Waals surface area (Å²) in [5, 5.41) is 8.56. The van der Waals surface area contributed by atoms with Crippen molar-refractivity contribution in [2.24, 2.45) is 5.73 Å². The molecule has 66 valence electrons. The van der Waals surface area contributed by atoms with Gasteiger partial charge in [0.2, 0.25) is 0 Å². The molecule has 0 aliphatic carbocycles. The van der Waals surface area contributed by atoms with Crippen LogP contribution in [0.25, 0.3) is 0 Å². The Hall–Kier alpha value is -1.86. The second-order valence-electron chi connectivity index (χ2n) is 2.55. The molecule has 3 N–H and O–H groups in total. The van der Waals surface area contributed by atoms with E-state index >= 15 is 0 Å². The number of hydrogen-bond donors (Lipinski definition) is 2. The summed E-state index contributed by atoms with van der Waals surface area (Å²) < 4.78 is 0. The summed E-state index contributed by atoms with van der Waals surface area (Å²) in [4.78, 5) is 13.4. The van der Waals surface area contributed by atoms with Crippen LogP contribution in [-0.2, 0) is 0 Å². The molecule has 0 fully saturated rings. The zero-order valence-electron chi connectivity index (χ0n) is 6.95. The van der Waals surface area contributed by atoms with E-state index in [0.29, 0.717) is 5.56 Å². The molecule has 0 radical (unpaired) electrons. The molecule has 0 aliphatic heterocycles. The Labute approximate surface area is 75.3 Å². The first-order valence-electron chi connectivity index (χ1n) is 3.70. The largest absolute Gasteiger partial charge is 0.328 e. The van der Waals surface area contributed by atoms with E-state index in [0.717, 1.165) is 0 Å². The average molecular weight is 175 g/mol. The number of aromatic amines is 1. The van der Waals surface area contributed by atoms with Crippen molar-refractivity contribution >= 4 is 0 Å². The standard InChI is InChI=1S/C9H9N3O/c1-2-8(11)7-3-6(4-10)9(13)12-5-7/h2-3,5,8H,1,11H2,(H,12,13). The summed E-state index contributed by atoms with van der Waals surface area (Å²) >= 11 is 0. The Morgan fingerprint density at radius 3 is 3.00 bits per heavy atom. The monoisotopic (exact) mass is 175 g/mol. The van der Waals surface area contributed by atoms with E-state index in [4.69, 9.17) is 11.0 Å². The Morgan fingerprint density at radius 1 is 1.77 bits per heavy atom. The lowest BCUT2D eigenvalue weighted by Crippen LogP contribution is -2.14. The van der Waals surface area contributed by atoms with Crippen LogP contribution in [0.5, 0.6) is 0 Å². The van der Waals surface area contributed by atoms with Crippen LogP contribution < -0.4 is 11.3 Å². The second kappa shape index (κ2) is 3.70. The molecular weight excluding hydrogens is 166 g/mol. The van der Waals surface area contributed by atoms with E-state index < -0.39 is 5.56 Å². The molecule has 4 nitrogen and oxygen atoms in total. The molecule has 1 aromatic rings. The van der Waals surface area contributed by atoms with Crippen LogP contribution in [0.15, 0.2) is 29.7 Å². The van der Waals surface area contributed by atoms with Gasteiger partial charge in [-0.2, -0.15) is 5.26 Å². The zero-order valence-corrected chi connectivity index (χ0v) is 6.95. The van der Waals surface area contributed by atoms with Crippen LogP contribution in [0.2, 0.25) is 0 Å². The molecule has 1 rings (SSSR count). The Bertz CT molecular complexity index is 414. The minimum Gasteiger partial charge on any atom is -0.328 e. The highest BCUT2D eigenvalue weighted by Crippen LogP contribution is 2.08. The summed E-state index contributed by atoms with van der Waals surface area (Å²) in [5.41, 5.74) is 5.95. The van der Waals surface area contributed by atoms with Crippen molar-refractivity contribution in [1.82, 2.24) is 4.98 Å². The van der Waals surface area contributed by atoms with Gasteiger partial charge in [0.25, 0.3) is 5.56 Å². The first-order valence-corrected chi connectivity index (χ1v) is 3.70. The molecule has 1 atom stereocenters. The normalized spacial score (nSPS) is 11.7. The first-order chi connectivity index (χ1) is 6.19. The topological polar surface area (TPSA) is 82.7 Å². The fraction of sp³-hybridized carbons (Fsp3) is 0.111. The van der Waals surface area contributed by atoms with Crippen molar-refractivity contribution in [3.63, 3.8) is 0 Å². The van der Waals surface area contributed by atoms with Gasteiger partial charge in [-0.15, -0.1) is 6.58 Å². The van der Waals surface area contributed by atoms with Crippen molar-refractivity contribution in [3.8, 4) is 6.07 Å². The molecular formula is C9H9N3O. The van der Waals surface area contributed by atoms with Gasteiger partial charge >= 0.3 is 0 Å². The predicted octanol–water partition coefficient (Wildman–Crippen LogP) is 0.432. The molecule has 0 bridgehead atoms. The number of H-pyrrole nitrogens is 1. The number of nitrogens with two attached hydrogens (primary N) is 1. The van der Waals surface area contributed by atoms with Crippen LogP contribution in [0.3, 0.4) is 0 Å². The lowest BCUT2D eigenvalue weighted by Gasteiger charge is -2.04. The Morgan fingerprint density at radius 2 is 2.46 bits per heavy atom. The van der Waals surface area contributed by atoms with Gasteiger partial charge in [-0.25, -0.2) is 0 Å². The van der Waals surface area contributed by atoms with E-state index in [1.807, 2.05) is 0 Å². The summed E-state index contributed by atoms with van der Waals surface area (Å²) in [7, 11) is 0. The molecule has 0 saturated heterocycles. The highest BCUT2D eigenvalue weighted by molar-refractivity contribution is 5.31. The van der Waals surface area contributed by atoms with Gasteiger partial charge in [-0.3, -0.25) is 4.79 Å². The molecule has 4 heteroatoms. The highest BCUT2D eigenvalue weighted by Gasteiger charge is 2.04. The van der Waals surface area contributed by atoms with Gasteiger partial charge in [0.1, 0.15) is 11.6 Å². The van der Waals surface area contributed by atoms with Crippen molar-refractivity contribution in [1.29, 1.82) is 5.26 Å². The SMILES string of the molecule is C=CC(N)c1c[nH]c(=O)c(C#N)c1. The van der Waals surface area contributed by atoms with Gasteiger partial charge in [-0.1, -0.05) is 6.08 Å². The fourth-order valence-electron chi connectivity index (χ4n) is 0.912. The number of hydrogen-bond acceptors (Lipinski definition) is 3. The van der Waals surface area contributed by atoms with Crippen molar-refractivity contribution in [3.05, 3.63) is 46.4 Å². The van der Waals surface area contributed by atoms with Crippen molar-refractivity contribution in [2.45, 2.75) is 6.04 Å². The highest BCUT2D eigenvalue weighted by atomic mass is 16.1. The van der Waals surface area contributed by atoms with E-state index in [2.05, 4.69) is 11.6 Å². The minimum atomic E-state index is -0.400. The van der Waals surface area contributed by atoms with Crippen LogP contribution >= 0.6 is 0 Å². The molecule has 1 aromatic heterocycles. The van der Waals surface area contributed by atoms with E-state index in [9.17, 15) is 4.79 Å². The maximum Gasteiger partial charge on any atom is 0.265 e. The van der Waals surface area contributed by atoms with Gasteiger partial charge in [0.05, 0.1) is 0 Å². The predicted molar refractivity (Wildman–Crippen MR) is 48.9 cm³/mol. The van der Waals surface area contributed by atoms with E-state index in [-0.39, 0.29) is 11.6 Å². The molecule has 0 aromatic carbocycles. The summed E-state index contributed by atoms with van der Waals surface area (Å²) in [6.07, 6.45) is 3.02.